The summed E-state index contributed by atoms with van der Waals surface area (Å²) in [6.07, 6.45) is 2.39. The Morgan fingerprint density at radius 2 is 2.10 bits per heavy atom. The molecule has 2 N–H and O–H groups in total. The molecule has 0 aliphatic carbocycles. The molecule has 1 heterocycles. The number of aliphatic carboxylic acids is 1. The molecule has 1 atom stereocenters. The highest BCUT2D eigenvalue weighted by Crippen LogP contribution is 2.27. The average Bonchev–Trinajstić information content (AvgIpc) is 2.38. The van der Waals surface area contributed by atoms with Gasteiger partial charge in [0.2, 0.25) is 0 Å². The third kappa shape index (κ3) is 2.77. The second-order valence-electron chi connectivity index (χ2n) is 4.82. The van der Waals surface area contributed by atoms with Crippen molar-refractivity contribution in [3.05, 3.63) is 59.7 Å². The zero-order valence-corrected chi connectivity index (χ0v) is 11.2. The van der Waals surface area contributed by atoms with Crippen LogP contribution in [0.25, 0.3) is 0 Å². The van der Waals surface area contributed by atoms with Crippen LogP contribution in [-0.4, -0.2) is 16.1 Å². The van der Waals surface area contributed by atoms with Crippen molar-refractivity contribution in [2.45, 2.75) is 19.4 Å². The van der Waals surface area contributed by atoms with Crippen LogP contribution in [0.5, 0.6) is 0 Å². The number of aromatic nitrogens is 1. The fourth-order valence-electron chi connectivity index (χ4n) is 1.95. The van der Waals surface area contributed by atoms with E-state index in [0.717, 1.165) is 11.8 Å². The Labute approximate surface area is 116 Å². The van der Waals surface area contributed by atoms with E-state index in [1.807, 2.05) is 25.1 Å². The minimum Gasteiger partial charge on any atom is -0.479 e. The van der Waals surface area contributed by atoms with Gasteiger partial charge in [0, 0.05) is 17.4 Å². The van der Waals surface area contributed by atoms with Gasteiger partial charge in [0.05, 0.1) is 6.20 Å². The largest absolute Gasteiger partial charge is 0.479 e. The standard InChI is InChI=1S/C15H15FN2O2/c1-10-4-3-5-13(6-10)18-15(2,14(19)20)11-7-12(16)9-17-8-11/h3-9,18H,1-2H3,(H,19,20). The molecule has 2 rings (SSSR count). The number of nitrogens with one attached hydrogen (secondary N) is 1. The molecule has 0 aliphatic heterocycles. The van der Waals surface area contributed by atoms with E-state index in [9.17, 15) is 14.3 Å². The van der Waals surface area contributed by atoms with Gasteiger partial charge in [0.15, 0.2) is 5.54 Å². The normalized spacial score (nSPS) is 13.6. The van der Waals surface area contributed by atoms with Gasteiger partial charge in [-0.15, -0.1) is 0 Å². The van der Waals surface area contributed by atoms with E-state index < -0.39 is 17.3 Å². The zero-order valence-electron chi connectivity index (χ0n) is 11.2. The highest BCUT2D eigenvalue weighted by atomic mass is 19.1. The number of hydrogen-bond donors (Lipinski definition) is 2. The molecule has 1 aromatic carbocycles. The van der Waals surface area contributed by atoms with Crippen LogP contribution < -0.4 is 5.32 Å². The van der Waals surface area contributed by atoms with E-state index in [1.165, 1.54) is 19.2 Å². The molecule has 0 spiro atoms. The Bertz CT molecular complexity index is 645. The lowest BCUT2D eigenvalue weighted by Crippen LogP contribution is -2.40. The fourth-order valence-corrected chi connectivity index (χ4v) is 1.95. The van der Waals surface area contributed by atoms with E-state index in [0.29, 0.717) is 5.69 Å². The van der Waals surface area contributed by atoms with Gasteiger partial charge >= 0.3 is 5.97 Å². The molecule has 0 fully saturated rings. The Morgan fingerprint density at radius 1 is 1.35 bits per heavy atom. The topological polar surface area (TPSA) is 62.2 Å². The van der Waals surface area contributed by atoms with E-state index >= 15 is 0 Å². The first-order valence-corrected chi connectivity index (χ1v) is 6.11. The van der Waals surface area contributed by atoms with Gasteiger partial charge in [-0.05, 0) is 37.6 Å². The number of anilines is 1. The molecule has 2 aromatic rings. The first-order valence-electron chi connectivity index (χ1n) is 6.11. The Balaban J connectivity index is 2.42. The number of halogens is 1. The number of carboxylic acid groups (broad SMARTS) is 1. The summed E-state index contributed by atoms with van der Waals surface area (Å²) >= 11 is 0. The van der Waals surface area contributed by atoms with Crippen LogP contribution in [0, 0.1) is 12.7 Å². The third-order valence-corrected chi connectivity index (χ3v) is 3.12. The zero-order chi connectivity index (χ0) is 14.8. The lowest BCUT2D eigenvalue weighted by molar-refractivity contribution is -0.142. The summed E-state index contributed by atoms with van der Waals surface area (Å²) in [5.41, 5.74) is 0.453. The second-order valence-corrected chi connectivity index (χ2v) is 4.82. The van der Waals surface area contributed by atoms with Gasteiger partial charge in [-0.1, -0.05) is 12.1 Å². The highest BCUT2D eigenvalue weighted by molar-refractivity contribution is 5.84. The maximum Gasteiger partial charge on any atom is 0.333 e. The first kappa shape index (κ1) is 14.0. The molecule has 0 amide bonds. The van der Waals surface area contributed by atoms with Crippen molar-refractivity contribution in [3.8, 4) is 0 Å². The number of aryl methyl sites for hydroxylation is 1. The molecule has 0 saturated heterocycles. The Hall–Kier alpha value is -2.43. The molecule has 1 unspecified atom stereocenters. The van der Waals surface area contributed by atoms with Crippen molar-refractivity contribution >= 4 is 11.7 Å². The third-order valence-electron chi connectivity index (χ3n) is 3.12. The maximum atomic E-state index is 13.3. The Kier molecular flexibility index (Phi) is 3.70. The summed E-state index contributed by atoms with van der Waals surface area (Å²) in [6, 6.07) is 8.50. The minimum absolute atomic E-state index is 0.256. The van der Waals surface area contributed by atoms with Crippen molar-refractivity contribution in [2.24, 2.45) is 0 Å². The number of rotatable bonds is 4. The van der Waals surface area contributed by atoms with Gasteiger partial charge in [-0.3, -0.25) is 4.98 Å². The van der Waals surface area contributed by atoms with Gasteiger partial charge in [-0.25, -0.2) is 9.18 Å². The highest BCUT2D eigenvalue weighted by Gasteiger charge is 2.35. The SMILES string of the molecule is Cc1cccc(NC(C)(C(=O)O)c2cncc(F)c2)c1. The molecule has 4 nitrogen and oxygen atoms in total. The van der Waals surface area contributed by atoms with Crippen molar-refractivity contribution in [1.29, 1.82) is 0 Å². The van der Waals surface area contributed by atoms with Gasteiger partial charge < -0.3 is 10.4 Å². The van der Waals surface area contributed by atoms with E-state index in [1.54, 1.807) is 6.07 Å². The molecule has 1 aromatic heterocycles. The predicted molar refractivity (Wildman–Crippen MR) is 74.0 cm³/mol. The molecule has 104 valence electrons. The number of carboxylic acids is 1. The van der Waals surface area contributed by atoms with E-state index in [-0.39, 0.29) is 5.56 Å². The van der Waals surface area contributed by atoms with Crippen molar-refractivity contribution < 1.29 is 14.3 Å². The molecule has 0 saturated carbocycles. The number of carbonyl (C=O) groups is 1. The smallest absolute Gasteiger partial charge is 0.333 e. The molecule has 0 aliphatic rings. The Morgan fingerprint density at radius 3 is 2.70 bits per heavy atom. The van der Waals surface area contributed by atoms with Gasteiger partial charge in [0.25, 0.3) is 0 Å². The van der Waals surface area contributed by atoms with Crippen LogP contribution in [0.4, 0.5) is 10.1 Å². The summed E-state index contributed by atoms with van der Waals surface area (Å²) in [5.74, 6) is -1.67. The van der Waals surface area contributed by atoms with Gasteiger partial charge in [0.1, 0.15) is 5.82 Å². The summed E-state index contributed by atoms with van der Waals surface area (Å²) in [4.78, 5) is 15.3. The molecule has 5 heteroatoms. The second kappa shape index (κ2) is 5.28. The van der Waals surface area contributed by atoms with Gasteiger partial charge in [-0.2, -0.15) is 0 Å². The number of nitrogens with zero attached hydrogens (tertiary/aromatic N) is 1. The van der Waals surface area contributed by atoms with Crippen LogP contribution >= 0.6 is 0 Å². The summed E-state index contributed by atoms with van der Waals surface area (Å²) < 4.78 is 13.3. The molecular formula is C15H15FN2O2. The van der Waals surface area contributed by atoms with Crippen molar-refractivity contribution in [3.63, 3.8) is 0 Å². The summed E-state index contributed by atoms with van der Waals surface area (Å²) in [5, 5.41) is 12.4. The molecular weight excluding hydrogens is 259 g/mol. The van der Waals surface area contributed by atoms with Crippen LogP contribution in [0.1, 0.15) is 18.1 Å². The number of hydrogen-bond acceptors (Lipinski definition) is 3. The summed E-state index contributed by atoms with van der Waals surface area (Å²) in [6.45, 7) is 3.39. The minimum atomic E-state index is -1.46. The maximum absolute atomic E-state index is 13.3. The first-order chi connectivity index (χ1) is 9.41. The van der Waals surface area contributed by atoms with Crippen LogP contribution in [0.15, 0.2) is 42.7 Å². The quantitative estimate of drug-likeness (QED) is 0.899. The molecule has 20 heavy (non-hydrogen) atoms. The van der Waals surface area contributed by atoms with E-state index in [2.05, 4.69) is 10.3 Å². The fraction of sp³-hybridized carbons (Fsp3) is 0.200. The predicted octanol–water partition coefficient (Wildman–Crippen LogP) is 2.94. The monoisotopic (exact) mass is 274 g/mol. The number of pyridine rings is 1. The van der Waals surface area contributed by atoms with Crippen molar-refractivity contribution in [1.82, 2.24) is 4.98 Å². The molecule has 0 radical (unpaired) electrons. The van der Waals surface area contributed by atoms with Crippen molar-refractivity contribution in [2.75, 3.05) is 5.32 Å². The summed E-state index contributed by atoms with van der Waals surface area (Å²) in [7, 11) is 0. The lowest BCUT2D eigenvalue weighted by atomic mass is 9.93. The van der Waals surface area contributed by atoms with Crippen LogP contribution in [-0.2, 0) is 10.3 Å². The van der Waals surface area contributed by atoms with Crippen LogP contribution in [0.2, 0.25) is 0 Å². The van der Waals surface area contributed by atoms with E-state index in [4.69, 9.17) is 0 Å². The lowest BCUT2D eigenvalue weighted by Gasteiger charge is -2.27. The average molecular weight is 274 g/mol. The van der Waals surface area contributed by atoms with Crippen LogP contribution in [0.3, 0.4) is 0 Å². The molecule has 0 bridgehead atoms. The number of benzene rings is 1.